The first-order valence-corrected chi connectivity index (χ1v) is 23.4. The number of benzene rings is 3. The van der Waals surface area contributed by atoms with Crippen LogP contribution in [0.1, 0.15) is 51.7 Å². The summed E-state index contributed by atoms with van der Waals surface area (Å²) in [5.41, 5.74) is 6.30. The molecular weight excluding hydrogens is 599 g/mol. The molecular formula is C34H43Cl2SiZr. The average Bonchev–Trinajstić information content (AvgIpc) is 3.31. The normalized spacial score (nSPS) is 21.2. The molecule has 0 heterocycles. The van der Waals surface area contributed by atoms with E-state index in [1.807, 2.05) is 6.56 Å². The van der Waals surface area contributed by atoms with Crippen molar-refractivity contribution in [2.75, 3.05) is 0 Å². The van der Waals surface area contributed by atoms with Crippen LogP contribution in [0.25, 0.3) is 29.8 Å². The molecule has 0 fully saturated rings. The van der Waals surface area contributed by atoms with Crippen molar-refractivity contribution in [3.63, 3.8) is 0 Å². The fourth-order valence-corrected chi connectivity index (χ4v) is 29.7. The van der Waals surface area contributed by atoms with Crippen molar-refractivity contribution < 1.29 is 20.9 Å². The van der Waals surface area contributed by atoms with E-state index in [1.165, 1.54) is 45.5 Å². The molecule has 2 aromatic rings. The maximum atomic E-state index is 2.66. The van der Waals surface area contributed by atoms with Crippen molar-refractivity contribution in [3.05, 3.63) is 92.7 Å². The van der Waals surface area contributed by atoms with Crippen molar-refractivity contribution in [2.45, 2.75) is 67.5 Å². The molecule has 6 rings (SSSR count). The third-order valence-electron chi connectivity index (χ3n) is 9.00. The Morgan fingerprint density at radius 2 is 1.00 bits per heavy atom. The largest absolute Gasteiger partial charge is 0.147 e. The SMILES string of the molecule is CCC1(C)C=c2cccc(C)c2=[C]1[Zr]([C]1=c2c(C)cccc2=CC1(C)CC)[SiH](C)C.Cl.Cl.c1cc2ccc1-2. The second-order valence-corrected chi connectivity index (χ2v) is 30.5. The van der Waals surface area contributed by atoms with Gasteiger partial charge >= 0.3 is 192 Å². The zero-order valence-electron chi connectivity index (χ0n) is 24.2. The van der Waals surface area contributed by atoms with Crippen LogP contribution in [0.5, 0.6) is 0 Å². The predicted octanol–water partition coefficient (Wildman–Crippen LogP) is 6.75. The van der Waals surface area contributed by atoms with E-state index in [0.29, 0.717) is 0 Å². The molecule has 4 heteroatoms. The van der Waals surface area contributed by atoms with Gasteiger partial charge in [0.2, 0.25) is 0 Å². The number of hydrogen-bond donors (Lipinski definition) is 0. The first-order chi connectivity index (χ1) is 17.1. The van der Waals surface area contributed by atoms with Gasteiger partial charge in [-0.25, -0.2) is 0 Å². The second-order valence-electron chi connectivity index (χ2n) is 11.8. The van der Waals surface area contributed by atoms with Crippen LogP contribution in [0.2, 0.25) is 13.1 Å². The molecule has 2 atom stereocenters. The van der Waals surface area contributed by atoms with Gasteiger partial charge in [0.25, 0.3) is 0 Å². The standard InChI is InChI=1S/2C13H15.C6H4.C2H7Si.2ClH.Zr/c2*1-4-13(3)8-11-7-5-6-10(2)12(11)9-13;1-2-6-4-3-5(1)6;1-3-2;;;/h2*5-8H,4H2,1-3H3;1-4H;3H,1-2H3;2*1H;. The molecule has 0 saturated heterocycles. The number of halogens is 2. The Bertz CT molecular complexity index is 1470. The Morgan fingerprint density at radius 3 is 1.26 bits per heavy atom. The van der Waals surface area contributed by atoms with E-state index in [2.05, 4.69) is 127 Å². The molecule has 0 aromatic heterocycles. The molecule has 38 heavy (non-hydrogen) atoms. The summed E-state index contributed by atoms with van der Waals surface area (Å²) in [6, 6.07) is 22.4. The van der Waals surface area contributed by atoms with Gasteiger partial charge in [0.1, 0.15) is 0 Å². The molecule has 201 valence electrons. The molecule has 0 saturated carbocycles. The minimum absolute atomic E-state index is 0. The molecule has 2 aromatic carbocycles. The first kappa shape index (κ1) is 31.3. The predicted molar refractivity (Wildman–Crippen MR) is 172 cm³/mol. The Kier molecular flexibility index (Phi) is 9.69. The van der Waals surface area contributed by atoms with Gasteiger partial charge in [0.05, 0.1) is 0 Å². The van der Waals surface area contributed by atoms with Crippen LogP contribution in [-0.4, -0.2) is 5.92 Å². The van der Waals surface area contributed by atoms with E-state index < -0.39 is 26.8 Å². The smallest absolute Gasteiger partial charge is 0.0184 e. The third kappa shape index (κ3) is 5.05. The molecule has 0 spiro atoms. The summed E-state index contributed by atoms with van der Waals surface area (Å²) in [5.74, 6) is -0.860. The number of rotatable bonds is 5. The quantitative estimate of drug-likeness (QED) is 0.212. The molecule has 4 aliphatic carbocycles. The van der Waals surface area contributed by atoms with Crippen molar-refractivity contribution in [2.24, 2.45) is 10.8 Å². The Hall–Kier alpha value is -1.18. The summed E-state index contributed by atoms with van der Waals surface area (Å²) < 4.78 is 3.84. The maximum Gasteiger partial charge on any atom is -0.0184 e. The fourth-order valence-electron chi connectivity index (χ4n) is 6.51. The van der Waals surface area contributed by atoms with E-state index in [0.717, 1.165) is 0 Å². The summed E-state index contributed by atoms with van der Waals surface area (Å²) in [6.45, 7) is 19.9. The van der Waals surface area contributed by atoms with Crippen molar-refractivity contribution in [1.29, 1.82) is 0 Å². The number of hydrogen-bond acceptors (Lipinski definition) is 0. The van der Waals surface area contributed by atoms with Crippen LogP contribution < -0.4 is 20.9 Å². The van der Waals surface area contributed by atoms with Gasteiger partial charge in [-0.05, 0) is 11.1 Å². The van der Waals surface area contributed by atoms with Crippen LogP contribution in [-0.2, 0) is 20.9 Å². The third-order valence-corrected chi connectivity index (χ3v) is 28.8. The van der Waals surface area contributed by atoms with E-state index >= 15 is 0 Å². The Labute approximate surface area is 250 Å². The van der Waals surface area contributed by atoms with Gasteiger partial charge in [-0.15, -0.1) is 24.8 Å². The zero-order valence-corrected chi connectivity index (χ0v) is 29.5. The summed E-state index contributed by atoms with van der Waals surface area (Å²) in [6.07, 6.45) is 7.68. The minimum Gasteiger partial charge on any atom is -0.147 e. The molecule has 0 amide bonds. The van der Waals surface area contributed by atoms with Crippen molar-refractivity contribution in [1.82, 2.24) is 0 Å². The van der Waals surface area contributed by atoms with Gasteiger partial charge in [-0.3, -0.25) is 0 Å². The van der Waals surface area contributed by atoms with E-state index in [9.17, 15) is 0 Å². The monoisotopic (exact) mass is 639 g/mol. The molecule has 0 radical (unpaired) electrons. The maximum absolute atomic E-state index is 2.66. The van der Waals surface area contributed by atoms with Crippen molar-refractivity contribution in [3.8, 4) is 11.1 Å². The van der Waals surface area contributed by atoms with E-state index in [-0.39, 0.29) is 35.6 Å². The average molecular weight is 642 g/mol. The second kappa shape index (κ2) is 11.7. The minimum atomic E-state index is -2.11. The number of aryl methyl sites for hydroxylation is 2. The van der Waals surface area contributed by atoms with E-state index in [1.54, 1.807) is 10.4 Å². The molecule has 0 N–H and O–H groups in total. The molecule has 0 nitrogen and oxygen atoms in total. The summed E-state index contributed by atoms with van der Waals surface area (Å²) >= 11 is -2.11. The molecule has 0 aliphatic heterocycles. The topological polar surface area (TPSA) is 0 Å². The van der Waals surface area contributed by atoms with Crippen LogP contribution in [0.4, 0.5) is 0 Å². The summed E-state index contributed by atoms with van der Waals surface area (Å²) in [4.78, 5) is 0. The van der Waals surface area contributed by atoms with Crippen molar-refractivity contribution >= 4 is 49.5 Å². The number of fused-ring (bicyclic) bond motifs is 3. The summed E-state index contributed by atoms with van der Waals surface area (Å²) in [5, 5.41) is 6.30. The van der Waals surface area contributed by atoms with Gasteiger partial charge in [-0.1, -0.05) is 24.3 Å². The first-order valence-electron chi connectivity index (χ1n) is 13.8. The van der Waals surface area contributed by atoms with Gasteiger partial charge in [0, 0.05) is 0 Å². The zero-order chi connectivity index (χ0) is 25.8. The van der Waals surface area contributed by atoms with Gasteiger partial charge in [0.15, 0.2) is 0 Å². The van der Waals surface area contributed by atoms with Crippen LogP contribution in [0, 0.1) is 24.7 Å². The van der Waals surface area contributed by atoms with Crippen LogP contribution in [0.3, 0.4) is 0 Å². The van der Waals surface area contributed by atoms with Gasteiger partial charge in [-0.2, -0.15) is 0 Å². The molecule has 2 unspecified atom stereocenters. The molecule has 4 aliphatic rings. The molecule has 0 bridgehead atoms. The Morgan fingerprint density at radius 1 is 0.632 bits per heavy atom. The van der Waals surface area contributed by atoms with Crippen LogP contribution >= 0.6 is 24.8 Å². The Balaban J connectivity index is 0.000000434. The van der Waals surface area contributed by atoms with E-state index in [4.69, 9.17) is 0 Å². The van der Waals surface area contributed by atoms with Gasteiger partial charge < -0.3 is 0 Å². The fraction of sp³-hybridized carbons (Fsp3) is 0.353. The summed E-state index contributed by atoms with van der Waals surface area (Å²) in [7, 11) is 0. The van der Waals surface area contributed by atoms with Crippen LogP contribution in [0.15, 0.2) is 60.7 Å².